The zero-order chi connectivity index (χ0) is 17.7. The highest BCUT2D eigenvalue weighted by Gasteiger charge is 2.13. The SMILES string of the molecule is Cc1cc(C(=O)Nc2cc(Cl)ccc2Cl)nc(NCCN(C)C)n1. The molecule has 1 aromatic heterocycles. The van der Waals surface area contributed by atoms with Crippen LogP contribution in [-0.2, 0) is 0 Å². The fraction of sp³-hybridized carbons (Fsp3) is 0.312. The molecule has 24 heavy (non-hydrogen) atoms. The summed E-state index contributed by atoms with van der Waals surface area (Å²) in [4.78, 5) is 23.0. The molecule has 0 aliphatic heterocycles. The van der Waals surface area contributed by atoms with E-state index in [1.165, 1.54) is 0 Å². The number of hydrogen-bond donors (Lipinski definition) is 2. The molecular weight excluding hydrogens is 349 g/mol. The Hall–Kier alpha value is -1.89. The van der Waals surface area contributed by atoms with E-state index in [1.54, 1.807) is 24.3 Å². The Morgan fingerprint density at radius 2 is 1.96 bits per heavy atom. The highest BCUT2D eigenvalue weighted by Crippen LogP contribution is 2.25. The minimum Gasteiger partial charge on any atom is -0.353 e. The van der Waals surface area contributed by atoms with E-state index >= 15 is 0 Å². The third-order valence-corrected chi connectivity index (χ3v) is 3.67. The topological polar surface area (TPSA) is 70.2 Å². The van der Waals surface area contributed by atoms with Crippen LogP contribution in [0.2, 0.25) is 10.0 Å². The van der Waals surface area contributed by atoms with Crippen molar-refractivity contribution in [1.29, 1.82) is 0 Å². The smallest absolute Gasteiger partial charge is 0.274 e. The maximum absolute atomic E-state index is 12.4. The van der Waals surface area contributed by atoms with E-state index in [9.17, 15) is 4.79 Å². The first-order valence-electron chi connectivity index (χ1n) is 7.36. The second-order valence-corrected chi connectivity index (χ2v) is 6.37. The van der Waals surface area contributed by atoms with Crippen molar-refractivity contribution in [2.45, 2.75) is 6.92 Å². The molecule has 8 heteroatoms. The van der Waals surface area contributed by atoms with E-state index in [4.69, 9.17) is 23.2 Å². The summed E-state index contributed by atoms with van der Waals surface area (Å²) in [6.45, 7) is 3.32. The monoisotopic (exact) mass is 367 g/mol. The lowest BCUT2D eigenvalue weighted by Gasteiger charge is -2.12. The summed E-state index contributed by atoms with van der Waals surface area (Å²) in [6, 6.07) is 6.48. The zero-order valence-corrected chi connectivity index (χ0v) is 15.2. The average Bonchev–Trinajstić information content (AvgIpc) is 2.50. The highest BCUT2D eigenvalue weighted by molar-refractivity contribution is 6.35. The van der Waals surface area contributed by atoms with Crippen LogP contribution in [0.1, 0.15) is 16.2 Å². The van der Waals surface area contributed by atoms with E-state index in [-0.39, 0.29) is 11.6 Å². The molecule has 0 aliphatic carbocycles. The molecule has 0 saturated carbocycles. The molecule has 2 N–H and O–H groups in total. The van der Waals surface area contributed by atoms with Crippen LogP contribution >= 0.6 is 23.2 Å². The zero-order valence-electron chi connectivity index (χ0n) is 13.7. The Morgan fingerprint density at radius 1 is 1.21 bits per heavy atom. The van der Waals surface area contributed by atoms with Crippen molar-refractivity contribution in [2.75, 3.05) is 37.8 Å². The molecule has 1 aromatic carbocycles. The van der Waals surface area contributed by atoms with Crippen LogP contribution in [-0.4, -0.2) is 48.0 Å². The van der Waals surface area contributed by atoms with Crippen LogP contribution < -0.4 is 10.6 Å². The van der Waals surface area contributed by atoms with E-state index in [1.807, 2.05) is 25.9 Å². The molecule has 0 fully saturated rings. The van der Waals surface area contributed by atoms with Gasteiger partial charge in [0.1, 0.15) is 5.69 Å². The molecule has 0 radical (unpaired) electrons. The largest absolute Gasteiger partial charge is 0.353 e. The number of aromatic nitrogens is 2. The molecule has 1 amide bonds. The fourth-order valence-corrected chi connectivity index (χ4v) is 2.27. The minimum atomic E-state index is -0.375. The summed E-state index contributed by atoms with van der Waals surface area (Å²) < 4.78 is 0. The number of amides is 1. The van der Waals surface area contributed by atoms with Gasteiger partial charge in [-0.2, -0.15) is 0 Å². The van der Waals surface area contributed by atoms with E-state index in [0.717, 1.165) is 6.54 Å². The number of rotatable bonds is 6. The summed E-state index contributed by atoms with van der Waals surface area (Å²) in [5.74, 6) is 0.0412. The molecule has 2 rings (SSSR count). The maximum Gasteiger partial charge on any atom is 0.274 e. The number of carbonyl (C=O) groups is 1. The van der Waals surface area contributed by atoms with Gasteiger partial charge in [-0.3, -0.25) is 4.79 Å². The normalized spacial score (nSPS) is 10.8. The molecule has 0 bridgehead atoms. The molecule has 1 heterocycles. The molecule has 0 spiro atoms. The summed E-state index contributed by atoms with van der Waals surface area (Å²) in [7, 11) is 3.96. The van der Waals surface area contributed by atoms with Crippen LogP contribution in [0.25, 0.3) is 0 Å². The first-order chi connectivity index (χ1) is 11.3. The van der Waals surface area contributed by atoms with Crippen LogP contribution in [0, 0.1) is 6.92 Å². The predicted octanol–water partition coefficient (Wildman–Crippen LogP) is 3.32. The lowest BCUT2D eigenvalue weighted by molar-refractivity contribution is 0.102. The summed E-state index contributed by atoms with van der Waals surface area (Å²) >= 11 is 12.0. The summed E-state index contributed by atoms with van der Waals surface area (Å²) in [5.41, 5.74) is 1.39. The predicted molar refractivity (Wildman–Crippen MR) is 98.2 cm³/mol. The van der Waals surface area contributed by atoms with E-state index in [0.29, 0.717) is 33.9 Å². The molecule has 128 valence electrons. The van der Waals surface area contributed by atoms with Crippen LogP contribution in [0.4, 0.5) is 11.6 Å². The van der Waals surface area contributed by atoms with Crippen LogP contribution in [0.3, 0.4) is 0 Å². The van der Waals surface area contributed by atoms with Gasteiger partial charge in [-0.05, 0) is 45.3 Å². The molecule has 2 aromatic rings. The quantitative estimate of drug-likeness (QED) is 0.819. The van der Waals surface area contributed by atoms with Gasteiger partial charge >= 0.3 is 0 Å². The van der Waals surface area contributed by atoms with Gasteiger partial charge in [0.15, 0.2) is 0 Å². The van der Waals surface area contributed by atoms with Gasteiger partial charge in [-0.15, -0.1) is 0 Å². The summed E-state index contributed by atoms with van der Waals surface area (Å²) in [6.07, 6.45) is 0. The number of halogens is 2. The Morgan fingerprint density at radius 3 is 2.67 bits per heavy atom. The Kier molecular flexibility index (Phi) is 6.36. The first-order valence-corrected chi connectivity index (χ1v) is 8.11. The first kappa shape index (κ1) is 18.4. The van der Waals surface area contributed by atoms with Crippen molar-refractivity contribution in [3.63, 3.8) is 0 Å². The lowest BCUT2D eigenvalue weighted by atomic mass is 10.3. The second kappa shape index (κ2) is 8.28. The number of hydrogen-bond acceptors (Lipinski definition) is 5. The molecule has 0 atom stereocenters. The van der Waals surface area contributed by atoms with Crippen LogP contribution in [0.15, 0.2) is 24.3 Å². The van der Waals surface area contributed by atoms with Gasteiger partial charge in [0, 0.05) is 23.8 Å². The van der Waals surface area contributed by atoms with Crippen molar-refractivity contribution in [1.82, 2.24) is 14.9 Å². The van der Waals surface area contributed by atoms with E-state index in [2.05, 4.69) is 20.6 Å². The number of nitrogens with one attached hydrogen (secondary N) is 2. The van der Waals surface area contributed by atoms with Gasteiger partial charge in [0.2, 0.25) is 5.95 Å². The minimum absolute atomic E-state index is 0.255. The second-order valence-electron chi connectivity index (χ2n) is 5.53. The van der Waals surface area contributed by atoms with E-state index < -0.39 is 0 Å². The van der Waals surface area contributed by atoms with Crippen molar-refractivity contribution >= 4 is 40.7 Å². The number of nitrogens with zero attached hydrogens (tertiary/aromatic N) is 3. The Balaban J connectivity index is 2.14. The number of aryl methyl sites for hydroxylation is 1. The van der Waals surface area contributed by atoms with Crippen molar-refractivity contribution in [3.05, 3.63) is 45.7 Å². The molecule has 0 saturated heterocycles. The van der Waals surface area contributed by atoms with Crippen molar-refractivity contribution in [3.8, 4) is 0 Å². The third kappa shape index (κ3) is 5.33. The molecule has 6 nitrogen and oxygen atoms in total. The van der Waals surface area contributed by atoms with Gasteiger partial charge in [0.25, 0.3) is 5.91 Å². The molecule has 0 aliphatic rings. The Labute approximate surface area is 151 Å². The summed E-state index contributed by atoms with van der Waals surface area (Å²) in [5, 5.41) is 6.71. The Bertz CT molecular complexity index is 736. The number of benzene rings is 1. The third-order valence-electron chi connectivity index (χ3n) is 3.11. The number of anilines is 2. The van der Waals surface area contributed by atoms with Crippen molar-refractivity contribution in [2.24, 2.45) is 0 Å². The van der Waals surface area contributed by atoms with Gasteiger partial charge in [-0.25, -0.2) is 9.97 Å². The molecule has 0 unspecified atom stereocenters. The van der Waals surface area contributed by atoms with Crippen molar-refractivity contribution < 1.29 is 4.79 Å². The molecular formula is C16H19Cl2N5O. The standard InChI is InChI=1S/C16H19Cl2N5O/c1-10-8-14(22-16(20-10)19-6-7-23(2)3)15(24)21-13-9-11(17)4-5-12(13)18/h4-5,8-9H,6-7H2,1-3H3,(H,21,24)(H,19,20,22). The van der Waals surface area contributed by atoms with Gasteiger partial charge in [-0.1, -0.05) is 23.2 Å². The maximum atomic E-state index is 12.4. The lowest BCUT2D eigenvalue weighted by Crippen LogP contribution is -2.22. The highest BCUT2D eigenvalue weighted by atomic mass is 35.5. The fourth-order valence-electron chi connectivity index (χ4n) is 1.93. The van der Waals surface area contributed by atoms with Gasteiger partial charge in [0.05, 0.1) is 10.7 Å². The van der Waals surface area contributed by atoms with Crippen LogP contribution in [0.5, 0.6) is 0 Å². The number of likely N-dealkylation sites (N-methyl/N-ethyl adjacent to an activating group) is 1. The number of carbonyl (C=O) groups excluding carboxylic acids is 1. The average molecular weight is 368 g/mol. The van der Waals surface area contributed by atoms with Gasteiger partial charge < -0.3 is 15.5 Å².